The van der Waals surface area contributed by atoms with Crippen LogP contribution in [-0.4, -0.2) is 39.5 Å². The summed E-state index contributed by atoms with van der Waals surface area (Å²) in [5.74, 6) is -0.909. The van der Waals surface area contributed by atoms with Gasteiger partial charge in [-0.3, -0.25) is 4.79 Å². The maximum atomic E-state index is 12.2. The highest BCUT2D eigenvalue weighted by Crippen LogP contribution is 2.23. The van der Waals surface area contributed by atoms with Crippen molar-refractivity contribution < 1.29 is 14.7 Å². The Morgan fingerprint density at radius 1 is 1.56 bits per heavy atom. The average Bonchev–Trinajstić information content (AvgIpc) is 2.97. The molecule has 1 atom stereocenters. The van der Waals surface area contributed by atoms with Crippen LogP contribution in [0.25, 0.3) is 0 Å². The highest BCUT2D eigenvalue weighted by molar-refractivity contribution is 7.09. The molecule has 0 aromatic carbocycles. The first-order valence-electron chi connectivity index (χ1n) is 6.00. The Labute approximate surface area is 109 Å². The number of amides is 1. The highest BCUT2D eigenvalue weighted by Gasteiger charge is 2.35. The number of nitrogens with zero attached hydrogens (tertiary/aromatic N) is 2. The van der Waals surface area contributed by atoms with Gasteiger partial charge in [-0.25, -0.2) is 9.78 Å². The lowest BCUT2D eigenvalue weighted by molar-refractivity contribution is -0.141. The molecule has 0 radical (unpaired) electrons. The first kappa shape index (κ1) is 13.0. The van der Waals surface area contributed by atoms with E-state index in [0.717, 1.165) is 11.4 Å². The topological polar surface area (TPSA) is 70.5 Å². The lowest BCUT2D eigenvalue weighted by atomic mass is 10.2. The second-order valence-electron chi connectivity index (χ2n) is 4.72. The number of carbonyl (C=O) groups is 2. The zero-order valence-corrected chi connectivity index (χ0v) is 11.2. The number of aliphatic carboxylic acids is 1. The molecule has 2 heterocycles. The number of rotatable bonds is 3. The summed E-state index contributed by atoms with van der Waals surface area (Å²) in [6, 6.07) is -0.693. The molecule has 1 aliphatic rings. The fourth-order valence-corrected chi connectivity index (χ4v) is 2.87. The number of hydrogen-bond acceptors (Lipinski definition) is 4. The minimum Gasteiger partial charge on any atom is -0.480 e. The van der Waals surface area contributed by atoms with Crippen molar-refractivity contribution in [2.75, 3.05) is 6.54 Å². The first-order chi connectivity index (χ1) is 8.50. The Kier molecular flexibility index (Phi) is 3.65. The van der Waals surface area contributed by atoms with E-state index in [1.54, 1.807) is 5.38 Å². The van der Waals surface area contributed by atoms with Gasteiger partial charge in [0.05, 0.1) is 5.01 Å². The highest BCUT2D eigenvalue weighted by atomic mass is 32.1. The van der Waals surface area contributed by atoms with E-state index < -0.39 is 12.0 Å². The maximum Gasteiger partial charge on any atom is 0.326 e. The second-order valence-corrected chi connectivity index (χ2v) is 5.61. The standard InChI is InChI=1S/C12H16N2O3S/c1-7(2)10-13-8(6-18-10)11(15)14-5-3-4-9(14)12(16)17/h6-7,9H,3-5H2,1-2H3,(H,16,17). The van der Waals surface area contributed by atoms with Crippen LogP contribution in [0, 0.1) is 0 Å². The SMILES string of the molecule is CC(C)c1nc(C(=O)N2CCCC2C(=O)O)cs1. The van der Waals surface area contributed by atoms with Crippen LogP contribution in [0.3, 0.4) is 0 Å². The van der Waals surface area contributed by atoms with Gasteiger partial charge in [0.1, 0.15) is 11.7 Å². The number of carboxylic acid groups (broad SMARTS) is 1. The van der Waals surface area contributed by atoms with E-state index in [-0.39, 0.29) is 11.8 Å². The lowest BCUT2D eigenvalue weighted by Gasteiger charge is -2.20. The summed E-state index contributed by atoms with van der Waals surface area (Å²) in [6.45, 7) is 4.54. The van der Waals surface area contributed by atoms with Crippen molar-refractivity contribution in [2.24, 2.45) is 0 Å². The third-order valence-corrected chi connectivity index (χ3v) is 4.18. The van der Waals surface area contributed by atoms with Gasteiger partial charge in [-0.15, -0.1) is 11.3 Å². The van der Waals surface area contributed by atoms with Crippen molar-refractivity contribution in [2.45, 2.75) is 38.6 Å². The summed E-state index contributed by atoms with van der Waals surface area (Å²) >= 11 is 1.45. The van der Waals surface area contributed by atoms with Gasteiger partial charge in [-0.05, 0) is 12.8 Å². The Bertz CT molecular complexity index is 470. The molecule has 0 aliphatic carbocycles. The van der Waals surface area contributed by atoms with Gasteiger partial charge in [-0.2, -0.15) is 0 Å². The molecule has 18 heavy (non-hydrogen) atoms. The Morgan fingerprint density at radius 3 is 2.83 bits per heavy atom. The Morgan fingerprint density at radius 2 is 2.28 bits per heavy atom. The molecule has 6 heteroatoms. The van der Waals surface area contributed by atoms with Crippen LogP contribution in [0.5, 0.6) is 0 Å². The van der Waals surface area contributed by atoms with Crippen LogP contribution in [0.4, 0.5) is 0 Å². The average molecular weight is 268 g/mol. The van der Waals surface area contributed by atoms with E-state index >= 15 is 0 Å². The van der Waals surface area contributed by atoms with Gasteiger partial charge < -0.3 is 10.0 Å². The van der Waals surface area contributed by atoms with E-state index in [1.165, 1.54) is 16.2 Å². The molecule has 0 bridgehead atoms. The van der Waals surface area contributed by atoms with Gasteiger partial charge in [0.25, 0.3) is 5.91 Å². The van der Waals surface area contributed by atoms with Crippen LogP contribution < -0.4 is 0 Å². The molecule has 2 rings (SSSR count). The summed E-state index contributed by atoms with van der Waals surface area (Å²) in [5, 5.41) is 11.7. The minimum atomic E-state index is -0.930. The van der Waals surface area contributed by atoms with Crippen molar-refractivity contribution in [3.05, 3.63) is 16.1 Å². The zero-order valence-electron chi connectivity index (χ0n) is 10.4. The van der Waals surface area contributed by atoms with E-state index in [9.17, 15) is 9.59 Å². The van der Waals surface area contributed by atoms with Crippen molar-refractivity contribution in [3.8, 4) is 0 Å². The molecule has 98 valence electrons. The molecule has 1 fully saturated rings. The number of likely N-dealkylation sites (tertiary alicyclic amines) is 1. The predicted octanol–water partition coefficient (Wildman–Crippen LogP) is 1.96. The van der Waals surface area contributed by atoms with Crippen LogP contribution in [0.2, 0.25) is 0 Å². The number of aromatic nitrogens is 1. The Hall–Kier alpha value is -1.43. The van der Waals surface area contributed by atoms with Crippen molar-refractivity contribution in [3.63, 3.8) is 0 Å². The predicted molar refractivity (Wildman–Crippen MR) is 67.9 cm³/mol. The van der Waals surface area contributed by atoms with Gasteiger partial charge in [0.2, 0.25) is 0 Å². The normalized spacial score (nSPS) is 19.5. The molecule has 5 nitrogen and oxygen atoms in total. The third-order valence-electron chi connectivity index (χ3n) is 3.03. The number of carboxylic acids is 1. The molecule has 1 aromatic rings. The molecule has 1 saturated heterocycles. The minimum absolute atomic E-state index is 0.261. The summed E-state index contributed by atoms with van der Waals surface area (Å²) in [7, 11) is 0. The van der Waals surface area contributed by atoms with Crippen LogP contribution in [0.1, 0.15) is 48.1 Å². The molecule has 0 saturated carbocycles. The van der Waals surface area contributed by atoms with Crippen molar-refractivity contribution in [1.29, 1.82) is 0 Å². The van der Waals surface area contributed by atoms with Gasteiger partial charge in [0.15, 0.2) is 0 Å². The summed E-state index contributed by atoms with van der Waals surface area (Å²) in [6.07, 6.45) is 1.27. The summed E-state index contributed by atoms with van der Waals surface area (Å²) in [5.41, 5.74) is 0.372. The molecule has 1 N–H and O–H groups in total. The fraction of sp³-hybridized carbons (Fsp3) is 0.583. The summed E-state index contributed by atoms with van der Waals surface area (Å²) in [4.78, 5) is 29.0. The van der Waals surface area contributed by atoms with E-state index in [4.69, 9.17) is 5.11 Å². The van der Waals surface area contributed by atoms with E-state index in [2.05, 4.69) is 4.98 Å². The molecule has 0 spiro atoms. The molecule has 1 aliphatic heterocycles. The number of carbonyl (C=O) groups excluding carboxylic acids is 1. The van der Waals surface area contributed by atoms with Gasteiger partial charge in [0, 0.05) is 17.8 Å². The molecule has 1 aromatic heterocycles. The zero-order chi connectivity index (χ0) is 13.3. The van der Waals surface area contributed by atoms with E-state index in [1.807, 2.05) is 13.8 Å². The largest absolute Gasteiger partial charge is 0.480 e. The number of hydrogen-bond donors (Lipinski definition) is 1. The Balaban J connectivity index is 2.17. The van der Waals surface area contributed by atoms with Crippen LogP contribution >= 0.6 is 11.3 Å². The second kappa shape index (κ2) is 5.06. The van der Waals surface area contributed by atoms with Crippen LogP contribution in [-0.2, 0) is 4.79 Å². The first-order valence-corrected chi connectivity index (χ1v) is 6.88. The van der Waals surface area contributed by atoms with Crippen molar-refractivity contribution >= 4 is 23.2 Å². The smallest absolute Gasteiger partial charge is 0.326 e. The molecule has 1 unspecified atom stereocenters. The van der Waals surface area contributed by atoms with Gasteiger partial charge >= 0.3 is 5.97 Å². The van der Waals surface area contributed by atoms with Gasteiger partial charge in [-0.1, -0.05) is 13.8 Å². The molecular weight excluding hydrogens is 252 g/mol. The molecule has 1 amide bonds. The van der Waals surface area contributed by atoms with Crippen molar-refractivity contribution in [1.82, 2.24) is 9.88 Å². The maximum absolute atomic E-state index is 12.2. The number of thiazole rings is 1. The van der Waals surface area contributed by atoms with E-state index in [0.29, 0.717) is 18.7 Å². The fourth-order valence-electron chi connectivity index (χ4n) is 2.06. The summed E-state index contributed by atoms with van der Waals surface area (Å²) < 4.78 is 0. The lowest BCUT2D eigenvalue weighted by Crippen LogP contribution is -2.40. The molecular formula is C12H16N2O3S. The van der Waals surface area contributed by atoms with Crippen LogP contribution in [0.15, 0.2) is 5.38 Å². The quantitative estimate of drug-likeness (QED) is 0.909. The third kappa shape index (κ3) is 2.38. The monoisotopic (exact) mass is 268 g/mol.